The Morgan fingerprint density at radius 2 is 1.38 bits per heavy atom. The molecule has 1 nitrogen and oxygen atoms in total. The molecule has 0 aliphatic rings. The number of alkyl halides is 3. The molecule has 0 spiro atoms. The third kappa shape index (κ3) is 5.10. The highest BCUT2D eigenvalue weighted by atomic mass is 19.4. The molecule has 0 radical (unpaired) electrons. The average Bonchev–Trinajstić information content (AvgIpc) is 2.66. The van der Waals surface area contributed by atoms with Crippen LogP contribution in [0.3, 0.4) is 0 Å². The Morgan fingerprint density at radius 3 is 2.00 bits per heavy atom. The van der Waals surface area contributed by atoms with Crippen molar-refractivity contribution in [3.63, 3.8) is 0 Å². The smallest absolute Gasteiger partial charge is 0.403 e. The fourth-order valence-corrected chi connectivity index (χ4v) is 2.92. The van der Waals surface area contributed by atoms with Gasteiger partial charge in [-0.15, -0.1) is 13.2 Å². The van der Waals surface area contributed by atoms with Gasteiger partial charge in [-0.25, -0.2) is 13.2 Å². The number of benzene rings is 3. The molecule has 3 rings (SSSR count). The lowest BCUT2D eigenvalue weighted by Gasteiger charge is -2.11. The molecule has 0 atom stereocenters. The lowest BCUT2D eigenvalue weighted by molar-refractivity contribution is -0.275. The maximum atomic E-state index is 14.1. The van der Waals surface area contributed by atoms with Gasteiger partial charge in [-0.1, -0.05) is 42.5 Å². The van der Waals surface area contributed by atoms with E-state index >= 15 is 0 Å². The van der Waals surface area contributed by atoms with Crippen LogP contribution in [-0.4, -0.2) is 6.36 Å². The summed E-state index contributed by atoms with van der Waals surface area (Å²) >= 11 is 0. The molecular formula is C22H16F6O. The van der Waals surface area contributed by atoms with Gasteiger partial charge in [0.05, 0.1) is 0 Å². The van der Waals surface area contributed by atoms with Crippen molar-refractivity contribution >= 4 is 0 Å². The molecule has 0 N–H and O–H groups in total. The van der Waals surface area contributed by atoms with Crippen molar-refractivity contribution in [2.45, 2.75) is 26.1 Å². The first kappa shape index (κ1) is 20.8. The Balaban J connectivity index is 1.68. The molecule has 3 aromatic carbocycles. The zero-order valence-corrected chi connectivity index (χ0v) is 15.3. The van der Waals surface area contributed by atoms with E-state index in [4.69, 9.17) is 0 Å². The van der Waals surface area contributed by atoms with Crippen LogP contribution in [0.2, 0.25) is 0 Å². The largest absolute Gasteiger partial charge is 0.573 e. The molecule has 0 bridgehead atoms. The van der Waals surface area contributed by atoms with Gasteiger partial charge in [0.1, 0.15) is 0 Å². The van der Waals surface area contributed by atoms with Gasteiger partial charge < -0.3 is 4.74 Å². The van der Waals surface area contributed by atoms with Crippen LogP contribution >= 0.6 is 0 Å². The molecule has 29 heavy (non-hydrogen) atoms. The lowest BCUT2D eigenvalue weighted by atomic mass is 9.99. The second kappa shape index (κ2) is 8.19. The predicted octanol–water partition coefficient (Wildman–Crippen LogP) is 6.76. The highest BCUT2D eigenvalue weighted by Gasteiger charge is 2.32. The van der Waals surface area contributed by atoms with Crippen LogP contribution in [0.25, 0.3) is 11.1 Å². The molecule has 3 aromatic rings. The van der Waals surface area contributed by atoms with E-state index in [2.05, 4.69) is 4.74 Å². The minimum atomic E-state index is -4.95. The number of halogens is 6. The van der Waals surface area contributed by atoms with E-state index in [9.17, 15) is 26.3 Å². The summed E-state index contributed by atoms with van der Waals surface area (Å²) in [5.41, 5.74) is 2.26. The minimum Gasteiger partial charge on any atom is -0.403 e. The molecule has 152 valence electrons. The quantitative estimate of drug-likeness (QED) is 0.422. The van der Waals surface area contributed by atoms with Crippen molar-refractivity contribution in [2.75, 3.05) is 0 Å². The zero-order valence-electron chi connectivity index (χ0n) is 15.3. The Kier molecular flexibility index (Phi) is 5.86. The number of rotatable bonds is 5. The average molecular weight is 410 g/mol. The topological polar surface area (TPSA) is 9.23 Å². The SMILES string of the molecule is Cc1ccc(-c2ccc(CCc3ccc(OC(F)(F)F)c(F)c3)cc2)c(F)c1F. The zero-order chi connectivity index (χ0) is 21.2. The van der Waals surface area contributed by atoms with Gasteiger partial charge in [0, 0.05) is 5.56 Å². The van der Waals surface area contributed by atoms with Crippen LogP contribution in [-0.2, 0) is 12.8 Å². The van der Waals surface area contributed by atoms with E-state index in [1.807, 2.05) is 0 Å². The Morgan fingerprint density at radius 1 is 0.759 bits per heavy atom. The summed E-state index contributed by atoms with van der Waals surface area (Å²) in [4.78, 5) is 0. The van der Waals surface area contributed by atoms with E-state index in [0.717, 1.165) is 17.7 Å². The molecule has 0 aromatic heterocycles. The first-order valence-corrected chi connectivity index (χ1v) is 8.72. The Hall–Kier alpha value is -2.96. The van der Waals surface area contributed by atoms with Crippen LogP contribution in [0.15, 0.2) is 54.6 Å². The molecule has 0 saturated carbocycles. The summed E-state index contributed by atoms with van der Waals surface area (Å²) < 4.78 is 81.7. The summed E-state index contributed by atoms with van der Waals surface area (Å²) in [7, 11) is 0. The maximum absolute atomic E-state index is 14.1. The molecule has 0 heterocycles. The summed E-state index contributed by atoms with van der Waals surface area (Å²) in [6, 6.07) is 13.1. The molecule has 0 unspecified atom stereocenters. The number of aryl methyl sites for hydroxylation is 3. The maximum Gasteiger partial charge on any atom is 0.573 e. The standard InChI is InChI=1S/C22H16F6O/c1-13-2-10-17(21(25)20(13)24)16-8-5-14(6-9-16)3-4-15-7-11-19(18(23)12-15)29-22(26,27)28/h2,5-12H,3-4H2,1H3. The van der Waals surface area contributed by atoms with Crippen molar-refractivity contribution in [3.8, 4) is 16.9 Å². The van der Waals surface area contributed by atoms with Gasteiger partial charge in [0.25, 0.3) is 0 Å². The van der Waals surface area contributed by atoms with E-state index in [1.165, 1.54) is 25.1 Å². The number of hydrogen-bond donors (Lipinski definition) is 0. The fourth-order valence-electron chi connectivity index (χ4n) is 2.92. The molecule has 0 aliphatic heterocycles. The summed E-state index contributed by atoms with van der Waals surface area (Å²) in [6.45, 7) is 1.48. The molecule has 0 fully saturated rings. The molecular weight excluding hydrogens is 394 g/mol. The molecule has 0 aliphatic carbocycles. The first-order valence-electron chi connectivity index (χ1n) is 8.72. The van der Waals surface area contributed by atoms with Crippen LogP contribution in [0, 0.1) is 24.4 Å². The highest BCUT2D eigenvalue weighted by Crippen LogP contribution is 2.28. The fraction of sp³-hybridized carbons (Fsp3) is 0.182. The van der Waals surface area contributed by atoms with Crippen LogP contribution in [0.1, 0.15) is 16.7 Å². The third-order valence-corrected chi connectivity index (χ3v) is 4.46. The Bertz CT molecular complexity index is 1010. The number of ether oxygens (including phenoxy) is 1. The van der Waals surface area contributed by atoms with Crippen LogP contribution < -0.4 is 4.74 Å². The normalized spacial score (nSPS) is 11.6. The van der Waals surface area contributed by atoms with Gasteiger partial charge in [-0.3, -0.25) is 0 Å². The summed E-state index contributed by atoms with van der Waals surface area (Å²) in [5.74, 6) is -3.76. The monoisotopic (exact) mass is 410 g/mol. The second-order valence-corrected chi connectivity index (χ2v) is 6.57. The van der Waals surface area contributed by atoms with E-state index in [-0.39, 0.29) is 11.1 Å². The first-order chi connectivity index (χ1) is 13.6. The lowest BCUT2D eigenvalue weighted by Crippen LogP contribution is -2.18. The van der Waals surface area contributed by atoms with Gasteiger partial charge >= 0.3 is 6.36 Å². The van der Waals surface area contributed by atoms with E-state index in [0.29, 0.717) is 24.0 Å². The highest BCUT2D eigenvalue weighted by molar-refractivity contribution is 5.65. The van der Waals surface area contributed by atoms with Gasteiger partial charge in [0.2, 0.25) is 0 Å². The minimum absolute atomic E-state index is 0.155. The van der Waals surface area contributed by atoms with E-state index < -0.39 is 29.6 Å². The van der Waals surface area contributed by atoms with Crippen LogP contribution in [0.4, 0.5) is 26.3 Å². The second-order valence-electron chi connectivity index (χ2n) is 6.57. The molecule has 7 heteroatoms. The van der Waals surface area contributed by atoms with Crippen LogP contribution in [0.5, 0.6) is 5.75 Å². The van der Waals surface area contributed by atoms with Crippen molar-refractivity contribution in [3.05, 3.63) is 88.7 Å². The Labute approximate surface area is 163 Å². The summed E-state index contributed by atoms with van der Waals surface area (Å²) in [6.07, 6.45) is -4.08. The third-order valence-electron chi connectivity index (χ3n) is 4.46. The van der Waals surface area contributed by atoms with Crippen molar-refractivity contribution in [1.29, 1.82) is 0 Å². The van der Waals surface area contributed by atoms with Crippen molar-refractivity contribution in [2.24, 2.45) is 0 Å². The van der Waals surface area contributed by atoms with Gasteiger partial charge in [-0.2, -0.15) is 0 Å². The summed E-state index contributed by atoms with van der Waals surface area (Å²) in [5, 5.41) is 0. The van der Waals surface area contributed by atoms with Crippen molar-refractivity contribution in [1.82, 2.24) is 0 Å². The number of hydrogen-bond acceptors (Lipinski definition) is 1. The molecule has 0 saturated heterocycles. The van der Waals surface area contributed by atoms with E-state index in [1.54, 1.807) is 24.3 Å². The van der Waals surface area contributed by atoms with Gasteiger partial charge in [-0.05, 0) is 54.2 Å². The molecule has 0 amide bonds. The van der Waals surface area contributed by atoms with Crippen molar-refractivity contribution < 1.29 is 31.1 Å². The van der Waals surface area contributed by atoms with Gasteiger partial charge in [0.15, 0.2) is 23.2 Å². The predicted molar refractivity (Wildman–Crippen MR) is 97.0 cm³/mol.